The molecule has 0 atom stereocenters. The molecule has 0 spiro atoms. The highest BCUT2D eigenvalue weighted by Crippen LogP contribution is 2.06. The van der Waals surface area contributed by atoms with E-state index in [0.29, 0.717) is 19.5 Å². The number of hydrogen-bond acceptors (Lipinski definition) is 2. The highest BCUT2D eigenvalue weighted by atomic mass is 35.5. The van der Waals surface area contributed by atoms with Crippen LogP contribution in [0.5, 0.6) is 0 Å². The lowest BCUT2D eigenvalue weighted by Gasteiger charge is -2.20. The molecule has 0 heterocycles. The third-order valence-corrected chi connectivity index (χ3v) is 2.55. The largest absolute Gasteiger partial charge is 0.339 e. The minimum atomic E-state index is 0. The third kappa shape index (κ3) is 5.71. The van der Waals surface area contributed by atoms with Crippen LogP contribution in [0.15, 0.2) is 30.3 Å². The van der Waals surface area contributed by atoms with Gasteiger partial charge < -0.3 is 10.6 Å². The maximum atomic E-state index is 11.8. The molecule has 1 aromatic rings. The summed E-state index contributed by atoms with van der Waals surface area (Å²) in [6.07, 6.45) is 1.32. The van der Waals surface area contributed by atoms with Gasteiger partial charge in [0.1, 0.15) is 0 Å². The van der Waals surface area contributed by atoms with Crippen LogP contribution in [0.1, 0.15) is 25.3 Å². The Bertz CT molecular complexity index is 316. The summed E-state index contributed by atoms with van der Waals surface area (Å²) in [5.41, 5.74) is 6.57. The van der Waals surface area contributed by atoms with Crippen LogP contribution >= 0.6 is 12.4 Å². The molecule has 0 aromatic heterocycles. The van der Waals surface area contributed by atoms with Crippen LogP contribution in [0.4, 0.5) is 0 Å². The molecule has 0 radical (unpaired) electrons. The van der Waals surface area contributed by atoms with Crippen LogP contribution in [0.25, 0.3) is 0 Å². The molecule has 0 saturated carbocycles. The van der Waals surface area contributed by atoms with Gasteiger partial charge in [0.25, 0.3) is 0 Å². The van der Waals surface area contributed by atoms with Crippen molar-refractivity contribution in [3.63, 3.8) is 0 Å². The molecule has 1 amide bonds. The number of rotatable bonds is 6. The van der Waals surface area contributed by atoms with E-state index in [0.717, 1.165) is 13.0 Å². The lowest BCUT2D eigenvalue weighted by Crippen LogP contribution is -2.30. The molecule has 1 rings (SSSR count). The van der Waals surface area contributed by atoms with Crippen molar-refractivity contribution in [1.29, 1.82) is 0 Å². The first-order chi connectivity index (χ1) is 7.77. The predicted octanol–water partition coefficient (Wildman–Crippen LogP) is 2.20. The van der Waals surface area contributed by atoms with Gasteiger partial charge in [0.05, 0.1) is 0 Å². The molecule has 0 aliphatic carbocycles. The van der Waals surface area contributed by atoms with Crippen molar-refractivity contribution in [1.82, 2.24) is 4.90 Å². The summed E-state index contributed by atoms with van der Waals surface area (Å²) in [5.74, 6) is 0.191. The number of carbonyl (C=O) groups excluding carboxylic acids is 1. The van der Waals surface area contributed by atoms with Gasteiger partial charge in [-0.15, -0.1) is 12.4 Å². The minimum absolute atomic E-state index is 0. The van der Waals surface area contributed by atoms with Crippen LogP contribution in [0.3, 0.4) is 0 Å². The molecular weight excluding hydrogens is 236 g/mol. The average molecular weight is 257 g/mol. The summed E-state index contributed by atoms with van der Waals surface area (Å²) in [7, 11) is 0. The van der Waals surface area contributed by atoms with Crippen molar-refractivity contribution < 1.29 is 4.79 Å². The van der Waals surface area contributed by atoms with E-state index in [2.05, 4.69) is 0 Å². The molecule has 0 aliphatic rings. The van der Waals surface area contributed by atoms with Crippen LogP contribution < -0.4 is 5.73 Å². The second kappa shape index (κ2) is 9.02. The van der Waals surface area contributed by atoms with Gasteiger partial charge in [-0.1, -0.05) is 30.3 Å². The van der Waals surface area contributed by atoms with Crippen molar-refractivity contribution in [3.8, 4) is 0 Å². The smallest absolute Gasteiger partial charge is 0.222 e. The van der Waals surface area contributed by atoms with Crippen LogP contribution in [-0.4, -0.2) is 23.9 Å². The highest BCUT2D eigenvalue weighted by Gasteiger charge is 2.10. The number of carbonyl (C=O) groups is 1. The predicted molar refractivity (Wildman–Crippen MR) is 73.1 cm³/mol. The van der Waals surface area contributed by atoms with E-state index in [-0.39, 0.29) is 18.3 Å². The fourth-order valence-corrected chi connectivity index (χ4v) is 1.59. The van der Waals surface area contributed by atoms with Crippen molar-refractivity contribution in [2.75, 3.05) is 13.1 Å². The Kier molecular flexibility index (Phi) is 8.46. The summed E-state index contributed by atoms with van der Waals surface area (Å²) in [4.78, 5) is 13.7. The van der Waals surface area contributed by atoms with Gasteiger partial charge in [0.2, 0.25) is 5.91 Å². The van der Waals surface area contributed by atoms with E-state index in [4.69, 9.17) is 5.73 Å². The van der Waals surface area contributed by atoms with Gasteiger partial charge in [0.15, 0.2) is 0 Å². The third-order valence-electron chi connectivity index (χ3n) is 2.55. The zero-order valence-corrected chi connectivity index (χ0v) is 11.1. The van der Waals surface area contributed by atoms with Crippen molar-refractivity contribution in [3.05, 3.63) is 35.9 Å². The maximum Gasteiger partial charge on any atom is 0.222 e. The SMILES string of the molecule is CCN(Cc1ccccc1)C(=O)CCCN.Cl. The first kappa shape index (κ1) is 15.9. The van der Waals surface area contributed by atoms with Crippen LogP contribution in [-0.2, 0) is 11.3 Å². The Morgan fingerprint density at radius 3 is 2.47 bits per heavy atom. The lowest BCUT2D eigenvalue weighted by atomic mass is 10.2. The Hall–Kier alpha value is -1.06. The summed E-state index contributed by atoms with van der Waals surface area (Å²) < 4.78 is 0. The summed E-state index contributed by atoms with van der Waals surface area (Å²) >= 11 is 0. The standard InChI is InChI=1S/C13H20N2O.ClH/c1-2-15(13(16)9-6-10-14)11-12-7-4-3-5-8-12;/h3-5,7-8H,2,6,9-11,14H2,1H3;1H. The number of amides is 1. The van der Waals surface area contributed by atoms with Crippen LogP contribution in [0, 0.1) is 0 Å². The lowest BCUT2D eigenvalue weighted by molar-refractivity contribution is -0.131. The quantitative estimate of drug-likeness (QED) is 0.848. The molecule has 4 heteroatoms. The first-order valence-electron chi connectivity index (χ1n) is 5.79. The molecule has 0 aliphatic heterocycles. The fraction of sp³-hybridized carbons (Fsp3) is 0.462. The van der Waals surface area contributed by atoms with E-state index in [1.54, 1.807) is 0 Å². The van der Waals surface area contributed by atoms with Gasteiger partial charge in [-0.05, 0) is 25.5 Å². The molecule has 3 nitrogen and oxygen atoms in total. The Labute approximate surface area is 109 Å². The molecule has 0 unspecified atom stereocenters. The van der Waals surface area contributed by atoms with Gasteiger partial charge in [-0.25, -0.2) is 0 Å². The van der Waals surface area contributed by atoms with E-state index >= 15 is 0 Å². The summed E-state index contributed by atoms with van der Waals surface area (Å²) in [6.45, 7) is 4.02. The Morgan fingerprint density at radius 1 is 1.29 bits per heavy atom. The molecule has 96 valence electrons. The highest BCUT2D eigenvalue weighted by molar-refractivity contribution is 5.85. The number of benzene rings is 1. The second-order valence-corrected chi connectivity index (χ2v) is 3.79. The molecule has 0 fully saturated rings. The van der Waals surface area contributed by atoms with E-state index in [9.17, 15) is 4.79 Å². The normalized spacial score (nSPS) is 9.53. The monoisotopic (exact) mass is 256 g/mol. The second-order valence-electron chi connectivity index (χ2n) is 3.79. The Morgan fingerprint density at radius 2 is 1.94 bits per heavy atom. The summed E-state index contributed by atoms with van der Waals surface area (Å²) in [5, 5.41) is 0. The molecule has 17 heavy (non-hydrogen) atoms. The van der Waals surface area contributed by atoms with E-state index in [1.165, 1.54) is 5.56 Å². The van der Waals surface area contributed by atoms with E-state index in [1.807, 2.05) is 42.2 Å². The van der Waals surface area contributed by atoms with Gasteiger partial charge >= 0.3 is 0 Å². The number of halogens is 1. The maximum absolute atomic E-state index is 11.8. The van der Waals surface area contributed by atoms with Gasteiger partial charge in [-0.3, -0.25) is 4.79 Å². The van der Waals surface area contributed by atoms with Gasteiger partial charge in [0, 0.05) is 19.5 Å². The molecule has 0 saturated heterocycles. The molecule has 0 bridgehead atoms. The fourth-order valence-electron chi connectivity index (χ4n) is 1.59. The first-order valence-corrected chi connectivity index (χ1v) is 5.79. The van der Waals surface area contributed by atoms with Crippen molar-refractivity contribution in [2.24, 2.45) is 5.73 Å². The number of hydrogen-bond donors (Lipinski definition) is 1. The van der Waals surface area contributed by atoms with Crippen LogP contribution in [0.2, 0.25) is 0 Å². The zero-order valence-electron chi connectivity index (χ0n) is 10.3. The molecule has 2 N–H and O–H groups in total. The van der Waals surface area contributed by atoms with Gasteiger partial charge in [-0.2, -0.15) is 0 Å². The molecular formula is C13H21ClN2O. The molecule has 1 aromatic carbocycles. The van der Waals surface area contributed by atoms with Crippen molar-refractivity contribution >= 4 is 18.3 Å². The minimum Gasteiger partial charge on any atom is -0.339 e. The topological polar surface area (TPSA) is 46.3 Å². The summed E-state index contributed by atoms with van der Waals surface area (Å²) in [6, 6.07) is 10.1. The van der Waals surface area contributed by atoms with E-state index < -0.39 is 0 Å². The Balaban J connectivity index is 0.00000256. The number of nitrogens with zero attached hydrogens (tertiary/aromatic N) is 1. The van der Waals surface area contributed by atoms with Crippen molar-refractivity contribution in [2.45, 2.75) is 26.3 Å². The number of nitrogens with two attached hydrogens (primary N) is 1. The average Bonchev–Trinajstić information content (AvgIpc) is 2.34. The zero-order chi connectivity index (χ0) is 11.8.